The molecule has 0 aromatic heterocycles. The van der Waals surface area contributed by atoms with Crippen LogP contribution in [0, 0.1) is 10.1 Å². The van der Waals surface area contributed by atoms with E-state index in [1.54, 1.807) is 6.92 Å². The molecule has 25 heavy (non-hydrogen) atoms. The summed E-state index contributed by atoms with van der Waals surface area (Å²) in [6.07, 6.45) is 0.0465. The maximum Gasteiger partial charge on any atom is 0.336 e. The lowest BCUT2D eigenvalue weighted by molar-refractivity contribution is -0.384. The van der Waals surface area contributed by atoms with Crippen molar-refractivity contribution in [3.8, 4) is 0 Å². The number of non-ortho nitro benzene ring substituents is 1. The van der Waals surface area contributed by atoms with Crippen molar-refractivity contribution in [2.45, 2.75) is 29.6 Å². The van der Waals surface area contributed by atoms with E-state index >= 15 is 0 Å². The first-order chi connectivity index (χ1) is 11.3. The predicted octanol–water partition coefficient (Wildman–Crippen LogP) is 3.17. The van der Waals surface area contributed by atoms with E-state index in [0.717, 1.165) is 6.07 Å². The molecule has 0 saturated carbocycles. The van der Waals surface area contributed by atoms with Crippen LogP contribution in [-0.4, -0.2) is 35.1 Å². The molecule has 0 aliphatic heterocycles. The standard InChI is InChI=1S/C13H15Cl3N2O6S/c1-3-12(2,17-25(22,23)24-8-13(14,15)16)11(19)9-5-4-6-10(7-9)18(20)21/h4-7,17H,3,8H2,1-2H3. The second-order valence-electron chi connectivity index (χ2n) is 5.26. The number of nitrogens with one attached hydrogen (secondary N) is 1. The zero-order valence-electron chi connectivity index (χ0n) is 13.2. The number of ketones is 1. The fraction of sp³-hybridized carbons (Fsp3) is 0.462. The number of benzene rings is 1. The third-order valence-electron chi connectivity index (χ3n) is 3.26. The highest BCUT2D eigenvalue weighted by Gasteiger charge is 2.38. The fourth-order valence-corrected chi connectivity index (χ4v) is 3.35. The predicted molar refractivity (Wildman–Crippen MR) is 94.4 cm³/mol. The van der Waals surface area contributed by atoms with Crippen LogP contribution in [0.5, 0.6) is 0 Å². The highest BCUT2D eigenvalue weighted by molar-refractivity contribution is 7.84. The minimum atomic E-state index is -4.42. The zero-order chi connectivity index (χ0) is 19.5. The van der Waals surface area contributed by atoms with Gasteiger partial charge in [-0.1, -0.05) is 53.9 Å². The molecule has 0 bridgehead atoms. The molecule has 140 valence electrons. The monoisotopic (exact) mass is 432 g/mol. The first kappa shape index (κ1) is 22.1. The van der Waals surface area contributed by atoms with Crippen LogP contribution in [0.25, 0.3) is 0 Å². The lowest BCUT2D eigenvalue weighted by Gasteiger charge is -2.27. The van der Waals surface area contributed by atoms with Gasteiger partial charge in [-0.2, -0.15) is 13.1 Å². The Labute approximate surface area is 159 Å². The van der Waals surface area contributed by atoms with Gasteiger partial charge in [0.1, 0.15) is 6.61 Å². The summed E-state index contributed by atoms with van der Waals surface area (Å²) in [5.74, 6) is -0.667. The smallest absolute Gasteiger partial charge is 0.292 e. The summed E-state index contributed by atoms with van der Waals surface area (Å²) in [5, 5.41) is 10.8. The minimum Gasteiger partial charge on any atom is -0.292 e. The van der Waals surface area contributed by atoms with Crippen LogP contribution in [-0.2, 0) is 14.5 Å². The number of alkyl halides is 3. The van der Waals surface area contributed by atoms with Crippen LogP contribution in [0.4, 0.5) is 5.69 Å². The molecule has 0 fully saturated rings. The number of halogens is 3. The number of nitro groups is 1. The van der Waals surface area contributed by atoms with E-state index in [-0.39, 0.29) is 17.7 Å². The van der Waals surface area contributed by atoms with Gasteiger partial charge in [0.2, 0.25) is 3.79 Å². The van der Waals surface area contributed by atoms with E-state index in [0.29, 0.717) is 0 Å². The van der Waals surface area contributed by atoms with Crippen molar-refractivity contribution < 1.29 is 22.3 Å². The Kier molecular flexibility index (Phi) is 7.20. The third-order valence-corrected chi connectivity index (χ3v) is 4.71. The summed E-state index contributed by atoms with van der Waals surface area (Å²) in [6, 6.07) is 4.95. The van der Waals surface area contributed by atoms with Gasteiger partial charge in [-0.3, -0.25) is 19.1 Å². The van der Waals surface area contributed by atoms with E-state index in [1.165, 1.54) is 25.1 Å². The van der Waals surface area contributed by atoms with Crippen LogP contribution < -0.4 is 4.72 Å². The van der Waals surface area contributed by atoms with E-state index in [1.807, 2.05) is 0 Å². The highest BCUT2D eigenvalue weighted by Crippen LogP contribution is 2.27. The Morgan fingerprint density at radius 1 is 1.36 bits per heavy atom. The van der Waals surface area contributed by atoms with Gasteiger partial charge in [-0.15, -0.1) is 0 Å². The summed E-state index contributed by atoms with van der Waals surface area (Å²) < 4.78 is 28.7. The summed E-state index contributed by atoms with van der Waals surface area (Å²) in [7, 11) is -4.42. The molecule has 1 rings (SSSR count). The first-order valence-electron chi connectivity index (χ1n) is 6.84. The molecule has 0 amide bonds. The Morgan fingerprint density at radius 3 is 2.44 bits per heavy atom. The van der Waals surface area contributed by atoms with Gasteiger partial charge in [0.25, 0.3) is 5.69 Å². The van der Waals surface area contributed by atoms with E-state index in [2.05, 4.69) is 8.91 Å². The number of Topliss-reactive ketones (excluding diaryl/α,β-unsaturated/α-hetero) is 1. The van der Waals surface area contributed by atoms with E-state index in [9.17, 15) is 23.3 Å². The Hall–Kier alpha value is -0.970. The lowest BCUT2D eigenvalue weighted by Crippen LogP contribution is -2.52. The highest BCUT2D eigenvalue weighted by atomic mass is 35.6. The molecule has 0 aliphatic carbocycles. The van der Waals surface area contributed by atoms with E-state index in [4.69, 9.17) is 34.8 Å². The Bertz CT molecular complexity index is 765. The molecule has 12 heteroatoms. The van der Waals surface area contributed by atoms with Crippen molar-refractivity contribution in [1.29, 1.82) is 0 Å². The molecule has 1 N–H and O–H groups in total. The summed E-state index contributed by atoms with van der Waals surface area (Å²) in [5.41, 5.74) is -1.93. The van der Waals surface area contributed by atoms with Gasteiger partial charge < -0.3 is 0 Å². The summed E-state index contributed by atoms with van der Waals surface area (Å²) in [6.45, 7) is 2.13. The molecule has 0 saturated heterocycles. The molecule has 0 heterocycles. The number of carbonyl (C=O) groups is 1. The largest absolute Gasteiger partial charge is 0.336 e. The van der Waals surface area contributed by atoms with Crippen LogP contribution in [0.1, 0.15) is 30.6 Å². The van der Waals surface area contributed by atoms with Crippen LogP contribution in [0.3, 0.4) is 0 Å². The number of carbonyl (C=O) groups excluding carboxylic acids is 1. The van der Waals surface area contributed by atoms with E-state index < -0.39 is 36.9 Å². The molecular formula is C13H15Cl3N2O6S. The number of hydrogen-bond donors (Lipinski definition) is 1. The van der Waals surface area contributed by atoms with Crippen molar-refractivity contribution >= 4 is 56.6 Å². The van der Waals surface area contributed by atoms with Crippen molar-refractivity contribution in [2.75, 3.05) is 6.61 Å². The summed E-state index contributed by atoms with van der Waals surface area (Å²) in [4.78, 5) is 22.8. The number of rotatable bonds is 8. The van der Waals surface area contributed by atoms with Gasteiger partial charge in [0.05, 0.1) is 10.5 Å². The van der Waals surface area contributed by atoms with Crippen molar-refractivity contribution in [3.05, 3.63) is 39.9 Å². The van der Waals surface area contributed by atoms with Gasteiger partial charge >= 0.3 is 10.3 Å². The molecule has 8 nitrogen and oxygen atoms in total. The van der Waals surface area contributed by atoms with Gasteiger partial charge in [0.15, 0.2) is 5.78 Å². The lowest BCUT2D eigenvalue weighted by atomic mass is 9.90. The number of hydrogen-bond acceptors (Lipinski definition) is 6. The normalized spacial score (nSPS) is 14.8. The van der Waals surface area contributed by atoms with Crippen molar-refractivity contribution in [3.63, 3.8) is 0 Å². The average Bonchev–Trinajstić information content (AvgIpc) is 2.51. The second-order valence-corrected chi connectivity index (χ2v) is 9.12. The Balaban J connectivity index is 3.07. The van der Waals surface area contributed by atoms with Gasteiger partial charge in [-0.25, -0.2) is 0 Å². The molecule has 1 aromatic rings. The molecule has 0 aliphatic rings. The quantitative estimate of drug-likeness (QED) is 0.291. The topological polar surface area (TPSA) is 116 Å². The maximum absolute atomic E-state index is 12.7. The summed E-state index contributed by atoms with van der Waals surface area (Å²) >= 11 is 16.3. The van der Waals surface area contributed by atoms with Crippen LogP contribution in [0.15, 0.2) is 24.3 Å². The first-order valence-corrected chi connectivity index (χ1v) is 9.38. The maximum atomic E-state index is 12.7. The van der Waals surface area contributed by atoms with Gasteiger partial charge in [0, 0.05) is 17.7 Å². The number of nitrogens with zero attached hydrogens (tertiary/aromatic N) is 1. The number of nitro benzene ring substituents is 1. The Morgan fingerprint density at radius 2 is 1.96 bits per heavy atom. The third kappa shape index (κ3) is 6.69. The average molecular weight is 434 g/mol. The SMILES string of the molecule is CCC(C)(NS(=O)(=O)OCC(Cl)(Cl)Cl)C(=O)c1cccc([N+](=O)[O-])c1. The van der Waals surface area contributed by atoms with Crippen molar-refractivity contribution in [2.24, 2.45) is 0 Å². The molecule has 0 spiro atoms. The van der Waals surface area contributed by atoms with Crippen molar-refractivity contribution in [1.82, 2.24) is 4.72 Å². The molecule has 1 aromatic carbocycles. The fourth-order valence-electron chi connectivity index (χ4n) is 1.81. The van der Waals surface area contributed by atoms with Crippen LogP contribution >= 0.6 is 34.8 Å². The second kappa shape index (κ2) is 8.15. The minimum absolute atomic E-state index is 0.0253. The van der Waals surface area contributed by atoms with Gasteiger partial charge in [-0.05, 0) is 13.3 Å². The molecule has 1 atom stereocenters. The molecular weight excluding hydrogens is 419 g/mol. The molecule has 1 unspecified atom stereocenters. The molecule has 0 radical (unpaired) electrons. The zero-order valence-corrected chi connectivity index (χ0v) is 16.2. The van der Waals surface area contributed by atoms with Crippen LogP contribution in [0.2, 0.25) is 0 Å².